The zero-order valence-electron chi connectivity index (χ0n) is 44.3. The molecule has 2 heterocycles. The van der Waals surface area contributed by atoms with Crippen molar-refractivity contribution in [3.05, 3.63) is 170 Å². The second-order valence-corrected chi connectivity index (χ2v) is 37.4. The Balaban J connectivity index is 1.02. The summed E-state index contributed by atoms with van der Waals surface area (Å²) in [6, 6.07) is 61.4. The van der Waals surface area contributed by atoms with Crippen LogP contribution in [0, 0.1) is 0 Å². The summed E-state index contributed by atoms with van der Waals surface area (Å²) in [6.07, 6.45) is 1.08. The summed E-state index contributed by atoms with van der Waals surface area (Å²) in [4.78, 5) is 0. The fraction of sp³-hybridized carbons (Fsp3) is 0.250. The maximum atomic E-state index is 12.7. The number of phenols is 2. The number of benzene rings is 8. The van der Waals surface area contributed by atoms with Crippen LogP contribution in [0.4, 0.5) is 0 Å². The van der Waals surface area contributed by atoms with Crippen molar-refractivity contribution in [3.8, 4) is 56.6 Å². The molecule has 0 radical (unpaired) electrons. The Morgan fingerprint density at radius 2 is 0.712 bits per heavy atom. The van der Waals surface area contributed by atoms with Crippen LogP contribution in [0.3, 0.4) is 0 Å². The lowest BCUT2D eigenvalue weighted by atomic mass is 10.0. The monoisotopic (exact) mass is 1010 g/mol. The fourth-order valence-corrected chi connectivity index (χ4v) is 16.3. The van der Waals surface area contributed by atoms with Crippen LogP contribution in [0.2, 0.25) is 49.4 Å². The standard InChI is InChI=1S/C64H70N2O4Si3/c1-11-73(12-2,41-69-61-35-23-17-29-51(61)53-37-45(71(7,8)43(3)4)39-59(63(53)67)65-55-31-19-13-25-47(55)48-26-14-20-32-56(48)65)42-70-62-36-24-18-30-52(62)54-38-46(72(9,10)44(5)6)40-60(64(54)68)66-57-33-21-15-27-49(57)50-28-16-22-34-58(50)66/h13-40,43-44,67-68H,11-12,41-42H2,1-10H3. The van der Waals surface area contributed by atoms with Crippen molar-refractivity contribution in [2.75, 3.05) is 12.5 Å². The molecule has 0 aliphatic rings. The Hall–Kier alpha value is -6.79. The van der Waals surface area contributed by atoms with E-state index in [1.54, 1.807) is 0 Å². The molecule has 10 rings (SSSR count). The highest BCUT2D eigenvalue weighted by Gasteiger charge is 2.35. The molecule has 8 aromatic carbocycles. The number of fused-ring (bicyclic) bond motifs is 6. The van der Waals surface area contributed by atoms with E-state index in [9.17, 15) is 10.2 Å². The summed E-state index contributed by atoms with van der Waals surface area (Å²) in [6.45, 7) is 23.6. The molecule has 0 fully saturated rings. The Labute approximate surface area is 434 Å². The van der Waals surface area contributed by atoms with Crippen molar-refractivity contribution < 1.29 is 19.7 Å². The van der Waals surface area contributed by atoms with Gasteiger partial charge in [0.2, 0.25) is 0 Å². The number of hydrogen-bond donors (Lipinski definition) is 2. The first-order valence-corrected chi connectivity index (χ1v) is 35.2. The average Bonchev–Trinajstić information content (AvgIpc) is 3.92. The minimum Gasteiger partial charge on any atom is -0.505 e. The van der Waals surface area contributed by atoms with Crippen LogP contribution in [-0.2, 0) is 0 Å². The highest BCUT2D eigenvalue weighted by atomic mass is 28.3. The van der Waals surface area contributed by atoms with Gasteiger partial charge in [0.1, 0.15) is 31.1 Å². The molecule has 0 saturated carbocycles. The quantitative estimate of drug-likeness (QED) is 0.0947. The molecule has 0 atom stereocenters. The van der Waals surface area contributed by atoms with Gasteiger partial charge in [0.25, 0.3) is 0 Å². The van der Waals surface area contributed by atoms with Gasteiger partial charge >= 0.3 is 0 Å². The van der Waals surface area contributed by atoms with Crippen LogP contribution in [0.25, 0.3) is 77.2 Å². The third-order valence-electron chi connectivity index (χ3n) is 17.1. The largest absolute Gasteiger partial charge is 0.505 e. The maximum Gasteiger partial charge on any atom is 0.147 e. The molecular formula is C64H70N2O4Si3. The second kappa shape index (κ2) is 19.6. The smallest absolute Gasteiger partial charge is 0.147 e. The Morgan fingerprint density at radius 1 is 0.411 bits per heavy atom. The van der Waals surface area contributed by atoms with E-state index in [0.29, 0.717) is 23.5 Å². The van der Waals surface area contributed by atoms with E-state index in [4.69, 9.17) is 9.47 Å². The van der Waals surface area contributed by atoms with E-state index in [-0.39, 0.29) is 11.5 Å². The van der Waals surface area contributed by atoms with E-state index in [1.807, 2.05) is 24.3 Å². The number of para-hydroxylation sites is 6. The van der Waals surface area contributed by atoms with E-state index >= 15 is 0 Å². The molecule has 10 aromatic rings. The topological polar surface area (TPSA) is 68.8 Å². The van der Waals surface area contributed by atoms with Crippen molar-refractivity contribution in [2.24, 2.45) is 0 Å². The maximum absolute atomic E-state index is 12.7. The average molecular weight is 1020 g/mol. The van der Waals surface area contributed by atoms with E-state index in [1.165, 1.54) is 10.4 Å². The summed E-state index contributed by atoms with van der Waals surface area (Å²) in [5.41, 5.74) is 10.1. The molecule has 0 amide bonds. The predicted molar refractivity (Wildman–Crippen MR) is 318 cm³/mol. The van der Waals surface area contributed by atoms with Gasteiger partial charge in [-0.05, 0) is 59.6 Å². The van der Waals surface area contributed by atoms with Crippen LogP contribution in [0.15, 0.2) is 170 Å². The molecule has 0 aliphatic carbocycles. The van der Waals surface area contributed by atoms with Gasteiger partial charge in [-0.25, -0.2) is 0 Å². The summed E-state index contributed by atoms with van der Waals surface area (Å²) in [5, 5.41) is 32.6. The molecular weight excluding hydrogens is 945 g/mol. The number of aromatic hydroxyl groups is 2. The third-order valence-corrected chi connectivity index (χ3v) is 31.0. The van der Waals surface area contributed by atoms with E-state index in [0.717, 1.165) is 101 Å². The Kier molecular flexibility index (Phi) is 13.3. The number of aromatic nitrogens is 2. The van der Waals surface area contributed by atoms with Crippen LogP contribution in [0.5, 0.6) is 23.0 Å². The highest BCUT2D eigenvalue weighted by molar-refractivity contribution is 6.91. The van der Waals surface area contributed by atoms with Crippen molar-refractivity contribution in [2.45, 2.75) is 90.9 Å². The van der Waals surface area contributed by atoms with E-state index < -0.39 is 24.2 Å². The molecule has 2 aromatic heterocycles. The SMILES string of the molecule is CC[Si](CC)(COc1ccccc1-c1cc([Si](C)(C)C(C)C)cc(-n2c3ccccc3c3ccccc32)c1O)COc1ccccc1-c1cc([Si](C)(C)C(C)C)cc(-n2c3ccccc3c3ccccc32)c1O. The van der Waals surface area contributed by atoms with Gasteiger partial charge in [0.15, 0.2) is 0 Å². The molecule has 9 heteroatoms. The first-order valence-electron chi connectivity index (χ1n) is 26.3. The molecule has 6 nitrogen and oxygen atoms in total. The molecule has 2 N–H and O–H groups in total. The minimum absolute atomic E-state index is 0.238. The van der Waals surface area contributed by atoms with Crippen LogP contribution >= 0.6 is 0 Å². The highest BCUT2D eigenvalue weighted by Crippen LogP contribution is 2.45. The predicted octanol–water partition coefficient (Wildman–Crippen LogP) is 16.3. The lowest BCUT2D eigenvalue weighted by molar-refractivity contribution is 0.342. The molecule has 0 aliphatic heterocycles. The molecule has 73 heavy (non-hydrogen) atoms. The molecule has 0 saturated heterocycles. The lowest BCUT2D eigenvalue weighted by Crippen LogP contribution is -2.46. The van der Waals surface area contributed by atoms with Gasteiger partial charge < -0.3 is 28.8 Å². The second-order valence-electron chi connectivity index (χ2n) is 22.1. The van der Waals surface area contributed by atoms with E-state index in [2.05, 4.69) is 222 Å². The van der Waals surface area contributed by atoms with Gasteiger partial charge in [0.05, 0.1) is 62.0 Å². The summed E-state index contributed by atoms with van der Waals surface area (Å²) >= 11 is 0. The van der Waals surface area contributed by atoms with Crippen LogP contribution in [0.1, 0.15) is 41.5 Å². The molecule has 0 spiro atoms. The van der Waals surface area contributed by atoms with Gasteiger partial charge in [-0.15, -0.1) is 0 Å². The lowest BCUT2D eigenvalue weighted by Gasteiger charge is -2.31. The van der Waals surface area contributed by atoms with Crippen molar-refractivity contribution in [3.63, 3.8) is 0 Å². The first kappa shape index (κ1) is 49.8. The first-order chi connectivity index (χ1) is 35.1. The van der Waals surface area contributed by atoms with Gasteiger partial charge in [-0.1, -0.05) is 212 Å². The normalized spacial score (nSPS) is 12.5. The molecule has 0 bridgehead atoms. The number of hydrogen-bond acceptors (Lipinski definition) is 4. The van der Waals surface area contributed by atoms with Gasteiger partial charge in [-0.2, -0.15) is 0 Å². The van der Waals surface area contributed by atoms with Gasteiger partial charge in [-0.3, -0.25) is 0 Å². The summed E-state index contributed by atoms with van der Waals surface area (Å²) in [5.74, 6) is 1.98. The van der Waals surface area contributed by atoms with Gasteiger partial charge in [0, 0.05) is 43.8 Å². The van der Waals surface area contributed by atoms with Crippen molar-refractivity contribution in [1.29, 1.82) is 0 Å². The molecule has 0 unspecified atom stereocenters. The zero-order chi connectivity index (χ0) is 51.4. The summed E-state index contributed by atoms with van der Waals surface area (Å²) in [7, 11) is -6.34. The van der Waals surface area contributed by atoms with Crippen LogP contribution in [-0.4, -0.2) is 56.0 Å². The van der Waals surface area contributed by atoms with Crippen molar-refractivity contribution in [1.82, 2.24) is 9.13 Å². The number of phenolic OH excluding ortho intramolecular Hbond substituents is 2. The molecule has 372 valence electrons. The fourth-order valence-electron chi connectivity index (χ4n) is 10.6. The zero-order valence-corrected chi connectivity index (χ0v) is 47.3. The van der Waals surface area contributed by atoms with Crippen LogP contribution < -0.4 is 19.8 Å². The minimum atomic E-state index is -2.29. The number of nitrogens with zero attached hydrogens (tertiary/aromatic N) is 2. The third kappa shape index (κ3) is 8.68. The number of rotatable bonds is 16. The van der Waals surface area contributed by atoms with Crippen molar-refractivity contribution >= 4 is 78.2 Å². The Bertz CT molecular complexity index is 3330. The Morgan fingerprint density at radius 3 is 1.03 bits per heavy atom. The summed E-state index contributed by atoms with van der Waals surface area (Å²) < 4.78 is 18.7. The number of ether oxygens (including phenoxy) is 2.